The lowest BCUT2D eigenvalue weighted by Gasteiger charge is -2.10. The van der Waals surface area contributed by atoms with Crippen molar-refractivity contribution in [3.8, 4) is 11.1 Å². The predicted octanol–water partition coefficient (Wildman–Crippen LogP) is 3.98. The van der Waals surface area contributed by atoms with E-state index in [2.05, 4.69) is 15.6 Å². The minimum atomic E-state index is -0.170. The fraction of sp³-hybridized carbons (Fsp3) is 0.120. The van der Waals surface area contributed by atoms with Crippen LogP contribution in [0.4, 0.5) is 11.4 Å². The largest absolute Gasteiger partial charge is 0.397 e. The van der Waals surface area contributed by atoms with Crippen molar-refractivity contribution in [3.05, 3.63) is 96.3 Å². The van der Waals surface area contributed by atoms with Gasteiger partial charge in [-0.3, -0.25) is 9.59 Å². The number of hydrogen-bond donors (Lipinski definition) is 2. The van der Waals surface area contributed by atoms with Crippen molar-refractivity contribution >= 4 is 23.1 Å². The molecule has 0 radical (unpaired) electrons. The van der Waals surface area contributed by atoms with Crippen LogP contribution in [0.2, 0.25) is 0 Å². The van der Waals surface area contributed by atoms with Gasteiger partial charge < -0.3 is 11.1 Å². The van der Waals surface area contributed by atoms with Crippen LogP contribution < -0.4 is 11.1 Å². The minimum Gasteiger partial charge on any atom is -0.397 e. The molecule has 3 aromatic carbocycles. The number of amides is 1. The molecule has 160 valence electrons. The van der Waals surface area contributed by atoms with Gasteiger partial charge in [-0.2, -0.15) is 0 Å². The van der Waals surface area contributed by atoms with E-state index >= 15 is 0 Å². The Balaban J connectivity index is 1.33. The topological polar surface area (TPSA) is 103 Å². The summed E-state index contributed by atoms with van der Waals surface area (Å²) in [6, 6.07) is 24.5. The molecule has 32 heavy (non-hydrogen) atoms. The summed E-state index contributed by atoms with van der Waals surface area (Å²) in [6.45, 7) is 0.103. The molecule has 1 aromatic heterocycles. The number of carbonyl (C=O) groups excluding carboxylic acids is 2. The Morgan fingerprint density at radius 1 is 0.906 bits per heavy atom. The van der Waals surface area contributed by atoms with Gasteiger partial charge in [0, 0.05) is 24.6 Å². The maximum atomic E-state index is 12.5. The summed E-state index contributed by atoms with van der Waals surface area (Å²) in [5.41, 5.74) is 10.4. The first-order chi connectivity index (χ1) is 15.6. The van der Waals surface area contributed by atoms with Gasteiger partial charge in [-0.05, 0) is 23.3 Å². The molecule has 3 N–H and O–H groups in total. The Kier molecular flexibility index (Phi) is 6.36. The van der Waals surface area contributed by atoms with E-state index in [4.69, 9.17) is 5.73 Å². The van der Waals surface area contributed by atoms with Gasteiger partial charge in [-0.25, -0.2) is 4.68 Å². The molecular weight excluding hydrogens is 402 g/mol. The van der Waals surface area contributed by atoms with E-state index in [9.17, 15) is 9.59 Å². The number of benzene rings is 3. The van der Waals surface area contributed by atoms with E-state index in [-0.39, 0.29) is 24.7 Å². The zero-order valence-electron chi connectivity index (χ0n) is 17.4. The standard InChI is InChI=1S/C25H23N5O2/c26-22-13-11-20(18-7-3-1-4-8-18)15-23(22)27-25(32)14-12-21-16-30(29-28-21)17-24(31)19-9-5-2-6-10-19/h1-11,13,15-16H,12,14,17,26H2,(H,27,32). The molecule has 4 aromatic rings. The highest BCUT2D eigenvalue weighted by molar-refractivity contribution is 5.96. The molecule has 0 bridgehead atoms. The number of rotatable bonds is 8. The SMILES string of the molecule is Nc1ccc(-c2ccccc2)cc1NC(=O)CCc1cn(CC(=O)c2ccccc2)nn1. The van der Waals surface area contributed by atoms with Crippen molar-refractivity contribution in [2.24, 2.45) is 0 Å². The number of carbonyl (C=O) groups is 2. The van der Waals surface area contributed by atoms with Gasteiger partial charge in [-0.15, -0.1) is 5.10 Å². The highest BCUT2D eigenvalue weighted by Gasteiger charge is 2.11. The lowest BCUT2D eigenvalue weighted by Crippen LogP contribution is -2.14. The van der Waals surface area contributed by atoms with E-state index < -0.39 is 0 Å². The summed E-state index contributed by atoms with van der Waals surface area (Å²) >= 11 is 0. The summed E-state index contributed by atoms with van der Waals surface area (Å²) in [4.78, 5) is 24.8. The third-order valence-corrected chi connectivity index (χ3v) is 5.03. The molecule has 0 saturated heterocycles. The number of hydrogen-bond acceptors (Lipinski definition) is 5. The zero-order chi connectivity index (χ0) is 22.3. The predicted molar refractivity (Wildman–Crippen MR) is 124 cm³/mol. The molecule has 0 spiro atoms. The molecule has 1 heterocycles. The van der Waals surface area contributed by atoms with Crippen LogP contribution in [0, 0.1) is 0 Å². The first-order valence-electron chi connectivity index (χ1n) is 10.3. The van der Waals surface area contributed by atoms with E-state index in [1.807, 2.05) is 60.7 Å². The van der Waals surface area contributed by atoms with Crippen LogP contribution in [0.1, 0.15) is 22.5 Å². The van der Waals surface area contributed by atoms with Gasteiger partial charge in [-0.1, -0.05) is 71.9 Å². The number of ketones is 1. The second kappa shape index (κ2) is 9.70. The average Bonchev–Trinajstić information content (AvgIpc) is 3.27. The number of nitrogens with two attached hydrogens (primary N) is 1. The van der Waals surface area contributed by atoms with Gasteiger partial charge in [0.2, 0.25) is 5.91 Å². The molecular formula is C25H23N5O2. The van der Waals surface area contributed by atoms with Crippen LogP contribution in [0.3, 0.4) is 0 Å². The lowest BCUT2D eigenvalue weighted by atomic mass is 10.0. The molecule has 0 unspecified atom stereocenters. The fourth-order valence-corrected chi connectivity index (χ4v) is 3.32. The number of anilines is 2. The van der Waals surface area contributed by atoms with Crippen LogP contribution in [-0.4, -0.2) is 26.7 Å². The molecule has 7 heteroatoms. The summed E-state index contributed by atoms with van der Waals surface area (Å²) < 4.78 is 1.49. The number of aromatic nitrogens is 3. The van der Waals surface area contributed by atoms with Gasteiger partial charge in [0.1, 0.15) is 6.54 Å². The molecule has 0 saturated carbocycles. The minimum absolute atomic E-state index is 0.0476. The van der Waals surface area contributed by atoms with E-state index in [0.717, 1.165) is 11.1 Å². The number of nitrogens with zero attached hydrogens (tertiary/aromatic N) is 3. The normalized spacial score (nSPS) is 10.6. The maximum absolute atomic E-state index is 12.5. The van der Waals surface area contributed by atoms with Crippen molar-refractivity contribution in [1.29, 1.82) is 0 Å². The van der Waals surface area contributed by atoms with Gasteiger partial charge in [0.25, 0.3) is 0 Å². The number of aryl methyl sites for hydroxylation is 1. The Morgan fingerprint density at radius 3 is 2.38 bits per heavy atom. The third kappa shape index (κ3) is 5.26. The molecule has 4 rings (SSSR count). The number of nitrogens with one attached hydrogen (secondary N) is 1. The smallest absolute Gasteiger partial charge is 0.224 e. The molecule has 1 amide bonds. The van der Waals surface area contributed by atoms with Crippen LogP contribution in [0.5, 0.6) is 0 Å². The van der Waals surface area contributed by atoms with Crippen molar-refractivity contribution in [2.45, 2.75) is 19.4 Å². The summed E-state index contributed by atoms with van der Waals surface area (Å²) in [6.07, 6.45) is 2.32. The monoisotopic (exact) mass is 425 g/mol. The Morgan fingerprint density at radius 2 is 1.62 bits per heavy atom. The van der Waals surface area contributed by atoms with E-state index in [0.29, 0.717) is 29.1 Å². The van der Waals surface area contributed by atoms with E-state index in [1.54, 1.807) is 24.4 Å². The maximum Gasteiger partial charge on any atom is 0.224 e. The molecule has 0 fully saturated rings. The summed E-state index contributed by atoms with van der Waals surface area (Å²) in [7, 11) is 0. The number of Topliss-reactive ketones (excluding diaryl/α,β-unsaturated/α-hetero) is 1. The fourth-order valence-electron chi connectivity index (χ4n) is 3.32. The van der Waals surface area contributed by atoms with Crippen LogP contribution in [-0.2, 0) is 17.8 Å². The Bertz CT molecular complexity index is 1220. The van der Waals surface area contributed by atoms with Gasteiger partial charge in [0.05, 0.1) is 17.1 Å². The van der Waals surface area contributed by atoms with Crippen LogP contribution in [0.15, 0.2) is 85.1 Å². The highest BCUT2D eigenvalue weighted by atomic mass is 16.1. The highest BCUT2D eigenvalue weighted by Crippen LogP contribution is 2.27. The van der Waals surface area contributed by atoms with Gasteiger partial charge >= 0.3 is 0 Å². The first kappa shape index (κ1) is 21.0. The summed E-state index contributed by atoms with van der Waals surface area (Å²) in [5, 5.41) is 10.9. The van der Waals surface area contributed by atoms with Crippen molar-refractivity contribution < 1.29 is 9.59 Å². The van der Waals surface area contributed by atoms with Gasteiger partial charge in [0.15, 0.2) is 5.78 Å². The van der Waals surface area contributed by atoms with Crippen molar-refractivity contribution in [2.75, 3.05) is 11.1 Å². The van der Waals surface area contributed by atoms with E-state index in [1.165, 1.54) is 4.68 Å². The second-order valence-corrected chi connectivity index (χ2v) is 7.41. The quantitative estimate of drug-likeness (QED) is 0.328. The number of nitrogen functional groups attached to an aromatic ring is 1. The summed E-state index contributed by atoms with van der Waals surface area (Å²) in [5.74, 6) is -0.217. The molecule has 0 aliphatic carbocycles. The second-order valence-electron chi connectivity index (χ2n) is 7.41. The first-order valence-corrected chi connectivity index (χ1v) is 10.3. The lowest BCUT2D eigenvalue weighted by molar-refractivity contribution is -0.116. The zero-order valence-corrected chi connectivity index (χ0v) is 17.4. The van der Waals surface area contributed by atoms with Crippen LogP contribution in [0.25, 0.3) is 11.1 Å². The molecule has 0 atom stereocenters. The van der Waals surface area contributed by atoms with Crippen molar-refractivity contribution in [1.82, 2.24) is 15.0 Å². The average molecular weight is 425 g/mol. The molecule has 7 nitrogen and oxygen atoms in total. The Labute approximate surface area is 185 Å². The molecule has 0 aliphatic heterocycles. The van der Waals surface area contributed by atoms with Crippen molar-refractivity contribution in [3.63, 3.8) is 0 Å². The Hall–Kier alpha value is -4.26. The van der Waals surface area contributed by atoms with Crippen LogP contribution >= 0.6 is 0 Å². The third-order valence-electron chi connectivity index (χ3n) is 5.03. The molecule has 0 aliphatic rings.